The number of carbonyl (C=O) groups excluding carboxylic acids is 2. The third-order valence-corrected chi connectivity index (χ3v) is 2.07. The lowest BCUT2D eigenvalue weighted by Crippen LogP contribution is -2.19. The minimum Gasteiger partial charge on any atom is -0.490 e. The molecule has 1 aliphatic rings. The SMILES string of the molecule is CCOC1=CC(=O)c2ncccc2C1=O. The van der Waals surface area contributed by atoms with Crippen LogP contribution in [0.1, 0.15) is 27.8 Å². The van der Waals surface area contributed by atoms with Crippen molar-refractivity contribution in [2.45, 2.75) is 6.92 Å². The lowest BCUT2D eigenvalue weighted by molar-refractivity contribution is 0.0889. The Morgan fingerprint density at radius 3 is 2.93 bits per heavy atom. The van der Waals surface area contributed by atoms with Crippen molar-refractivity contribution in [1.82, 2.24) is 4.98 Å². The molecule has 1 heterocycles. The van der Waals surface area contributed by atoms with E-state index < -0.39 is 0 Å². The molecule has 0 radical (unpaired) electrons. The van der Waals surface area contributed by atoms with Crippen molar-refractivity contribution in [1.29, 1.82) is 0 Å². The van der Waals surface area contributed by atoms with E-state index in [1.165, 1.54) is 12.3 Å². The molecule has 0 aromatic carbocycles. The lowest BCUT2D eigenvalue weighted by atomic mass is 9.98. The number of ether oxygens (including phenoxy) is 1. The lowest BCUT2D eigenvalue weighted by Gasteiger charge is -2.13. The Bertz CT molecular complexity index is 463. The number of hydrogen-bond acceptors (Lipinski definition) is 4. The molecule has 1 aliphatic carbocycles. The first-order valence-corrected chi connectivity index (χ1v) is 4.62. The van der Waals surface area contributed by atoms with Crippen LogP contribution < -0.4 is 0 Å². The summed E-state index contributed by atoms with van der Waals surface area (Å²) in [4.78, 5) is 27.2. The first-order valence-electron chi connectivity index (χ1n) is 4.62. The van der Waals surface area contributed by atoms with Crippen LogP contribution in [0, 0.1) is 0 Å². The molecule has 76 valence electrons. The van der Waals surface area contributed by atoms with Crippen LogP contribution in [0.2, 0.25) is 0 Å². The fourth-order valence-electron chi connectivity index (χ4n) is 1.43. The topological polar surface area (TPSA) is 56.3 Å². The summed E-state index contributed by atoms with van der Waals surface area (Å²) in [5.41, 5.74) is 0.513. The molecular formula is C11H9NO3. The number of carbonyl (C=O) groups is 2. The van der Waals surface area contributed by atoms with Gasteiger partial charge in [0, 0.05) is 12.3 Å². The molecule has 0 N–H and O–H groups in total. The van der Waals surface area contributed by atoms with Crippen molar-refractivity contribution in [2.75, 3.05) is 6.61 Å². The van der Waals surface area contributed by atoms with Gasteiger partial charge in [-0.15, -0.1) is 0 Å². The molecule has 1 aromatic heterocycles. The van der Waals surface area contributed by atoms with E-state index in [4.69, 9.17) is 4.74 Å². The van der Waals surface area contributed by atoms with E-state index in [0.29, 0.717) is 12.2 Å². The van der Waals surface area contributed by atoms with Crippen LogP contribution >= 0.6 is 0 Å². The van der Waals surface area contributed by atoms with Crippen molar-refractivity contribution < 1.29 is 14.3 Å². The maximum Gasteiger partial charge on any atom is 0.230 e. The molecular weight excluding hydrogens is 194 g/mol. The molecule has 0 bridgehead atoms. The summed E-state index contributed by atoms with van der Waals surface area (Å²) in [6.45, 7) is 2.12. The van der Waals surface area contributed by atoms with Crippen LogP contribution in [-0.4, -0.2) is 23.2 Å². The molecule has 0 aliphatic heterocycles. The van der Waals surface area contributed by atoms with Crippen molar-refractivity contribution in [2.24, 2.45) is 0 Å². The Balaban J connectivity index is 2.49. The van der Waals surface area contributed by atoms with Gasteiger partial charge in [0.15, 0.2) is 5.76 Å². The Morgan fingerprint density at radius 2 is 2.20 bits per heavy atom. The summed E-state index contributed by atoms with van der Waals surface area (Å²) in [5, 5.41) is 0. The van der Waals surface area contributed by atoms with E-state index in [9.17, 15) is 9.59 Å². The first kappa shape index (κ1) is 9.58. The highest BCUT2D eigenvalue weighted by molar-refractivity contribution is 6.22. The maximum atomic E-state index is 11.8. The molecule has 0 saturated heterocycles. The third-order valence-electron chi connectivity index (χ3n) is 2.07. The standard InChI is InChI=1S/C11H9NO3/c1-2-15-9-6-8(13)10-7(11(9)14)4-3-5-12-10/h3-6H,2H2,1H3. The van der Waals surface area contributed by atoms with Gasteiger partial charge in [-0.3, -0.25) is 14.6 Å². The van der Waals surface area contributed by atoms with Crippen LogP contribution in [0.25, 0.3) is 0 Å². The number of rotatable bonds is 2. The van der Waals surface area contributed by atoms with Gasteiger partial charge in [0.05, 0.1) is 12.2 Å². The minimum absolute atomic E-state index is 0.100. The van der Waals surface area contributed by atoms with E-state index in [-0.39, 0.29) is 23.0 Å². The van der Waals surface area contributed by atoms with Gasteiger partial charge in [-0.1, -0.05) is 0 Å². The molecule has 0 atom stereocenters. The van der Waals surface area contributed by atoms with Crippen LogP contribution in [0.15, 0.2) is 30.2 Å². The number of allylic oxidation sites excluding steroid dienone is 2. The van der Waals surface area contributed by atoms with Crippen molar-refractivity contribution >= 4 is 11.6 Å². The van der Waals surface area contributed by atoms with Crippen LogP contribution in [-0.2, 0) is 4.74 Å². The zero-order valence-electron chi connectivity index (χ0n) is 8.19. The van der Waals surface area contributed by atoms with Crippen molar-refractivity contribution in [3.63, 3.8) is 0 Å². The van der Waals surface area contributed by atoms with E-state index in [0.717, 1.165) is 0 Å². The highest BCUT2D eigenvalue weighted by atomic mass is 16.5. The molecule has 15 heavy (non-hydrogen) atoms. The molecule has 0 unspecified atom stereocenters. The second kappa shape index (κ2) is 3.65. The summed E-state index contributed by atoms with van der Waals surface area (Å²) < 4.78 is 5.09. The predicted octanol–water partition coefficient (Wildman–Crippen LogP) is 1.38. The van der Waals surface area contributed by atoms with Gasteiger partial charge in [-0.05, 0) is 19.1 Å². The van der Waals surface area contributed by atoms with Crippen LogP contribution in [0.4, 0.5) is 0 Å². The highest BCUT2D eigenvalue weighted by Gasteiger charge is 2.27. The average molecular weight is 203 g/mol. The molecule has 2 rings (SSSR count). The van der Waals surface area contributed by atoms with Gasteiger partial charge in [-0.2, -0.15) is 0 Å². The second-order valence-corrected chi connectivity index (χ2v) is 3.03. The molecule has 4 nitrogen and oxygen atoms in total. The van der Waals surface area contributed by atoms with Gasteiger partial charge < -0.3 is 4.74 Å². The highest BCUT2D eigenvalue weighted by Crippen LogP contribution is 2.19. The maximum absolute atomic E-state index is 11.8. The molecule has 0 saturated carbocycles. The zero-order valence-corrected chi connectivity index (χ0v) is 8.19. The van der Waals surface area contributed by atoms with E-state index in [2.05, 4.69) is 4.98 Å². The monoisotopic (exact) mass is 203 g/mol. The zero-order chi connectivity index (χ0) is 10.8. The quantitative estimate of drug-likeness (QED) is 0.728. The van der Waals surface area contributed by atoms with E-state index >= 15 is 0 Å². The Labute approximate surface area is 86.6 Å². The summed E-state index contributed by atoms with van der Waals surface area (Å²) in [7, 11) is 0. The van der Waals surface area contributed by atoms with Crippen LogP contribution in [0.3, 0.4) is 0 Å². The fourth-order valence-corrected chi connectivity index (χ4v) is 1.43. The minimum atomic E-state index is -0.284. The number of ketones is 2. The predicted molar refractivity (Wildman–Crippen MR) is 52.6 cm³/mol. The fraction of sp³-hybridized carbons (Fsp3) is 0.182. The molecule has 4 heteroatoms. The van der Waals surface area contributed by atoms with Gasteiger partial charge in [0.25, 0.3) is 0 Å². The summed E-state index contributed by atoms with van der Waals surface area (Å²) >= 11 is 0. The van der Waals surface area contributed by atoms with Gasteiger partial charge in [-0.25, -0.2) is 0 Å². The van der Waals surface area contributed by atoms with E-state index in [1.807, 2.05) is 0 Å². The van der Waals surface area contributed by atoms with Crippen LogP contribution in [0.5, 0.6) is 0 Å². The Kier molecular flexibility index (Phi) is 2.33. The number of Topliss-reactive ketones (excluding diaryl/α,β-unsaturated/α-hetero) is 1. The van der Waals surface area contributed by atoms with Gasteiger partial charge in [0.2, 0.25) is 11.6 Å². The van der Waals surface area contributed by atoms with Crippen molar-refractivity contribution in [3.8, 4) is 0 Å². The van der Waals surface area contributed by atoms with E-state index in [1.54, 1.807) is 19.1 Å². The summed E-state index contributed by atoms with van der Waals surface area (Å²) in [6, 6.07) is 3.20. The molecule has 1 aromatic rings. The number of nitrogens with zero attached hydrogens (tertiary/aromatic N) is 1. The number of hydrogen-bond donors (Lipinski definition) is 0. The Morgan fingerprint density at radius 1 is 1.40 bits per heavy atom. The third kappa shape index (κ3) is 1.54. The van der Waals surface area contributed by atoms with Gasteiger partial charge >= 0.3 is 0 Å². The second-order valence-electron chi connectivity index (χ2n) is 3.03. The average Bonchev–Trinajstić information content (AvgIpc) is 2.26. The molecule has 0 amide bonds. The number of fused-ring (bicyclic) bond motifs is 1. The molecule has 0 spiro atoms. The van der Waals surface area contributed by atoms with Crippen molar-refractivity contribution in [3.05, 3.63) is 41.4 Å². The summed E-state index contributed by atoms with van der Waals surface area (Å²) in [6.07, 6.45) is 2.69. The number of pyridine rings is 1. The normalized spacial score (nSPS) is 14.6. The number of aromatic nitrogens is 1. The first-order chi connectivity index (χ1) is 7.24. The molecule has 0 fully saturated rings. The van der Waals surface area contributed by atoms with Gasteiger partial charge in [0.1, 0.15) is 5.69 Å². The largest absolute Gasteiger partial charge is 0.490 e. The summed E-state index contributed by atoms with van der Waals surface area (Å²) in [5.74, 6) is -0.462. The smallest absolute Gasteiger partial charge is 0.230 e. The Hall–Kier alpha value is -1.97.